The third-order valence-electron chi connectivity index (χ3n) is 9.22. The number of fused-ring (bicyclic) bond motifs is 2. The summed E-state index contributed by atoms with van der Waals surface area (Å²) < 4.78 is 32.8. The van der Waals surface area contributed by atoms with E-state index in [0.29, 0.717) is 6.54 Å². The molecule has 4 heterocycles. The summed E-state index contributed by atoms with van der Waals surface area (Å²) in [6, 6.07) is 30.8. The quantitative estimate of drug-likeness (QED) is 0.210. The highest BCUT2D eigenvalue weighted by Crippen LogP contribution is 2.34. The first-order valence-electron chi connectivity index (χ1n) is 16.7. The minimum absolute atomic E-state index is 0.00384. The van der Waals surface area contributed by atoms with Gasteiger partial charge in [-0.1, -0.05) is 48.5 Å². The average Bonchev–Trinajstić information content (AvgIpc) is 3.86. The van der Waals surface area contributed by atoms with Crippen LogP contribution < -0.4 is 14.2 Å². The van der Waals surface area contributed by atoms with E-state index in [2.05, 4.69) is 65.1 Å². The Bertz CT molecular complexity index is 2020. The molecule has 13 nitrogen and oxygen atoms in total. The van der Waals surface area contributed by atoms with Crippen molar-refractivity contribution in [1.82, 2.24) is 50.2 Å². The molecule has 262 valence electrons. The van der Waals surface area contributed by atoms with Crippen molar-refractivity contribution in [3.05, 3.63) is 137 Å². The maximum absolute atomic E-state index is 13.2. The standard InChI is InChI=1S/C19H21N5O2.C18H18FN5O/c1-25-16-8-6-15(7-9-16)18-19-20-21-22-24(19)11-10-23(18)13-14-4-3-5-17(12-14)26-2;1-25-16-8-4-14(5-9-16)17-18-20-21-22-24(18)11-10-23(17)12-13-2-6-15(19)7-3-13/h3-9,12,18H,10-11,13H2,1-2H3;2-9,17H,10-12H2,1H3. The lowest BCUT2D eigenvalue weighted by atomic mass is 10.0. The van der Waals surface area contributed by atoms with Gasteiger partial charge in [0.2, 0.25) is 0 Å². The fourth-order valence-electron chi connectivity index (χ4n) is 6.63. The van der Waals surface area contributed by atoms with Crippen LogP contribution in [0.15, 0.2) is 97.1 Å². The van der Waals surface area contributed by atoms with E-state index < -0.39 is 0 Å². The van der Waals surface area contributed by atoms with Crippen LogP contribution in [-0.4, -0.2) is 84.6 Å². The number of rotatable bonds is 9. The van der Waals surface area contributed by atoms with Crippen molar-refractivity contribution < 1.29 is 18.6 Å². The highest BCUT2D eigenvalue weighted by Gasteiger charge is 2.33. The Morgan fingerprint density at radius 1 is 0.569 bits per heavy atom. The zero-order chi connectivity index (χ0) is 35.2. The summed E-state index contributed by atoms with van der Waals surface area (Å²) in [4.78, 5) is 4.70. The molecule has 51 heavy (non-hydrogen) atoms. The minimum atomic E-state index is -0.224. The molecule has 8 rings (SSSR count). The first kappa shape index (κ1) is 33.8. The number of halogens is 1. The van der Waals surface area contributed by atoms with Crippen molar-refractivity contribution in [2.45, 2.75) is 38.3 Å². The van der Waals surface area contributed by atoms with E-state index >= 15 is 0 Å². The van der Waals surface area contributed by atoms with E-state index in [-0.39, 0.29) is 17.9 Å². The van der Waals surface area contributed by atoms with Crippen molar-refractivity contribution in [1.29, 1.82) is 0 Å². The molecule has 0 radical (unpaired) electrons. The first-order valence-corrected chi connectivity index (χ1v) is 16.7. The molecule has 0 saturated carbocycles. The maximum Gasteiger partial charge on any atom is 0.173 e. The number of hydrogen-bond acceptors (Lipinski definition) is 11. The molecule has 2 aliphatic rings. The van der Waals surface area contributed by atoms with Gasteiger partial charge in [0.25, 0.3) is 0 Å². The topological polar surface area (TPSA) is 121 Å². The van der Waals surface area contributed by atoms with Crippen LogP contribution in [0.4, 0.5) is 4.39 Å². The second-order valence-corrected chi connectivity index (χ2v) is 12.3. The first-order chi connectivity index (χ1) is 25.0. The van der Waals surface area contributed by atoms with Crippen molar-refractivity contribution in [2.75, 3.05) is 34.4 Å². The van der Waals surface area contributed by atoms with Gasteiger partial charge in [0.15, 0.2) is 11.6 Å². The van der Waals surface area contributed by atoms with E-state index in [4.69, 9.17) is 14.2 Å². The molecular weight excluding hydrogens is 651 g/mol. The molecule has 0 saturated heterocycles. The van der Waals surface area contributed by atoms with Crippen molar-refractivity contribution in [3.8, 4) is 17.2 Å². The summed E-state index contributed by atoms with van der Waals surface area (Å²) in [7, 11) is 5.01. The van der Waals surface area contributed by atoms with Crippen LogP contribution in [0, 0.1) is 5.82 Å². The third kappa shape index (κ3) is 7.56. The normalized spacial score (nSPS) is 17.1. The number of aromatic nitrogens is 8. The van der Waals surface area contributed by atoms with Gasteiger partial charge in [-0.25, -0.2) is 13.8 Å². The summed E-state index contributed by atoms with van der Waals surface area (Å²) in [5.41, 5.74) is 4.49. The van der Waals surface area contributed by atoms with Gasteiger partial charge in [0.1, 0.15) is 23.1 Å². The predicted molar refractivity (Wildman–Crippen MR) is 186 cm³/mol. The largest absolute Gasteiger partial charge is 0.497 e. The summed E-state index contributed by atoms with van der Waals surface area (Å²) in [5.74, 6) is 3.97. The smallest absolute Gasteiger partial charge is 0.173 e. The molecule has 14 heteroatoms. The predicted octanol–water partition coefficient (Wildman–Crippen LogP) is 4.72. The Hall–Kier alpha value is -5.73. The van der Waals surface area contributed by atoms with Gasteiger partial charge in [-0.3, -0.25) is 9.80 Å². The molecule has 6 aromatic rings. The van der Waals surface area contributed by atoms with Crippen molar-refractivity contribution >= 4 is 0 Å². The summed E-state index contributed by atoms with van der Waals surface area (Å²) in [6.45, 7) is 4.68. The summed E-state index contributed by atoms with van der Waals surface area (Å²) >= 11 is 0. The molecule has 2 unspecified atom stereocenters. The van der Waals surface area contributed by atoms with Crippen LogP contribution in [0.3, 0.4) is 0 Å². The van der Waals surface area contributed by atoms with Gasteiger partial charge in [0.05, 0.1) is 46.5 Å². The highest BCUT2D eigenvalue weighted by atomic mass is 19.1. The molecule has 2 aromatic heterocycles. The van der Waals surface area contributed by atoms with Crippen LogP contribution in [0.2, 0.25) is 0 Å². The van der Waals surface area contributed by atoms with Gasteiger partial charge in [-0.2, -0.15) is 0 Å². The van der Waals surface area contributed by atoms with Gasteiger partial charge in [-0.15, -0.1) is 10.2 Å². The number of nitrogens with zero attached hydrogens (tertiary/aromatic N) is 10. The Kier molecular flexibility index (Phi) is 10.2. The third-order valence-corrected chi connectivity index (χ3v) is 9.22. The fourth-order valence-corrected chi connectivity index (χ4v) is 6.63. The van der Waals surface area contributed by atoms with Gasteiger partial charge in [0, 0.05) is 26.2 Å². The highest BCUT2D eigenvalue weighted by molar-refractivity contribution is 5.34. The number of hydrogen-bond donors (Lipinski definition) is 0. The average molecular weight is 691 g/mol. The van der Waals surface area contributed by atoms with E-state index in [9.17, 15) is 4.39 Å². The zero-order valence-electron chi connectivity index (χ0n) is 28.7. The van der Waals surface area contributed by atoms with Gasteiger partial charge < -0.3 is 14.2 Å². The number of methoxy groups -OCH3 is 3. The number of benzene rings is 4. The Morgan fingerprint density at radius 2 is 1.06 bits per heavy atom. The van der Waals surface area contributed by atoms with Crippen LogP contribution in [0.1, 0.15) is 46.0 Å². The molecule has 4 aromatic carbocycles. The molecular formula is C37H39FN10O3. The van der Waals surface area contributed by atoms with Gasteiger partial charge in [-0.05, 0) is 91.6 Å². The van der Waals surface area contributed by atoms with Crippen molar-refractivity contribution in [2.24, 2.45) is 0 Å². The lowest BCUT2D eigenvalue weighted by Gasteiger charge is -2.35. The van der Waals surface area contributed by atoms with Crippen LogP contribution >= 0.6 is 0 Å². The minimum Gasteiger partial charge on any atom is -0.497 e. The number of ether oxygens (including phenoxy) is 3. The van der Waals surface area contributed by atoms with Crippen LogP contribution in [-0.2, 0) is 26.2 Å². The van der Waals surface area contributed by atoms with E-state index in [0.717, 1.165) is 78.3 Å². The summed E-state index contributed by atoms with van der Waals surface area (Å²) in [5, 5.41) is 24.4. The zero-order valence-corrected chi connectivity index (χ0v) is 28.7. The Morgan fingerprint density at radius 3 is 1.55 bits per heavy atom. The maximum atomic E-state index is 13.2. The van der Waals surface area contributed by atoms with E-state index in [1.807, 2.05) is 70.0 Å². The van der Waals surface area contributed by atoms with Crippen LogP contribution in [0.5, 0.6) is 17.2 Å². The lowest BCUT2D eigenvalue weighted by Crippen LogP contribution is -2.38. The van der Waals surface area contributed by atoms with E-state index in [1.54, 1.807) is 21.3 Å². The molecule has 0 fully saturated rings. The summed E-state index contributed by atoms with van der Waals surface area (Å²) in [6.07, 6.45) is 0. The molecule has 0 aliphatic carbocycles. The fraction of sp³-hybridized carbons (Fsp3) is 0.297. The monoisotopic (exact) mass is 690 g/mol. The molecule has 2 atom stereocenters. The van der Waals surface area contributed by atoms with Gasteiger partial charge >= 0.3 is 0 Å². The molecule has 0 spiro atoms. The molecule has 2 aliphatic heterocycles. The second kappa shape index (κ2) is 15.4. The van der Waals surface area contributed by atoms with E-state index in [1.165, 1.54) is 17.7 Å². The Balaban J connectivity index is 0.000000159. The number of tetrazole rings is 2. The van der Waals surface area contributed by atoms with Crippen LogP contribution in [0.25, 0.3) is 0 Å². The molecule has 0 amide bonds. The SMILES string of the molecule is COc1ccc(C2c3nnnn3CCN2Cc2ccc(F)cc2)cc1.COc1ccc(C2c3nnnn3CCN2Cc2cccc(OC)c2)cc1. The molecule has 0 N–H and O–H groups in total. The second-order valence-electron chi connectivity index (χ2n) is 12.3. The molecule has 0 bridgehead atoms. The lowest BCUT2D eigenvalue weighted by molar-refractivity contribution is 0.164. The Labute approximate surface area is 295 Å². The van der Waals surface area contributed by atoms with Crippen molar-refractivity contribution in [3.63, 3.8) is 0 Å².